The molecule has 0 bridgehead atoms. The van der Waals surface area contributed by atoms with Gasteiger partial charge in [-0.15, -0.1) is 0 Å². The molecule has 0 rings (SSSR count). The largest absolute Gasteiger partial charge is 0.465 e. The number of allylic oxidation sites excluding steroid dienone is 1. The van der Waals surface area contributed by atoms with Crippen LogP contribution in [0.1, 0.15) is 112 Å². The average molecular weight is 470 g/mol. The van der Waals surface area contributed by atoms with Crippen LogP contribution in [0.15, 0.2) is 12.2 Å². The van der Waals surface area contributed by atoms with Crippen LogP contribution in [-0.4, -0.2) is 37.4 Å². The first-order chi connectivity index (χ1) is 14.9. The molecule has 2 N–H and O–H groups in total. The van der Waals surface area contributed by atoms with Gasteiger partial charge in [-0.05, 0) is 44.0 Å². The zero-order valence-electron chi connectivity index (χ0n) is 22.0. The molecule has 0 fully saturated rings. The predicted octanol–water partition coefficient (Wildman–Crippen LogP) is 7.86. The minimum absolute atomic E-state index is 0.0109. The minimum atomic E-state index is -2.11. The second-order valence-corrected chi connectivity index (χ2v) is 15.4. The number of rotatable bonds is 18. The maximum Gasteiger partial charge on any atom is 0.405 e. The van der Waals surface area contributed by atoms with Crippen molar-refractivity contribution >= 4 is 20.2 Å². The van der Waals surface area contributed by atoms with Crippen LogP contribution in [0.4, 0.5) is 4.79 Å². The standard InChI is InChI=1S/C26H51NO4Si/c1-8-9-10-11-12-13-14-15-16-17-18-19-20-21-23(28)24(27-25(29)30)22(2)31-32(6,7)26(3,4)5/h20-22,24,27H,8-19H2,1-7H3,(H,29,30)/b21-20+/t22-,24-/m0/s1. The molecule has 5 nitrogen and oxygen atoms in total. The molecule has 1 amide bonds. The summed E-state index contributed by atoms with van der Waals surface area (Å²) in [6.45, 7) is 14.6. The molecule has 0 aliphatic carbocycles. The van der Waals surface area contributed by atoms with Gasteiger partial charge in [0.25, 0.3) is 0 Å². The quantitative estimate of drug-likeness (QED) is 0.122. The lowest BCUT2D eigenvalue weighted by molar-refractivity contribution is -0.118. The van der Waals surface area contributed by atoms with E-state index in [2.05, 4.69) is 46.1 Å². The topological polar surface area (TPSA) is 75.6 Å². The first-order valence-electron chi connectivity index (χ1n) is 12.8. The van der Waals surface area contributed by atoms with Gasteiger partial charge in [0.05, 0.1) is 6.10 Å². The Labute approximate surface area is 198 Å². The highest BCUT2D eigenvalue weighted by Crippen LogP contribution is 2.37. The molecule has 0 heterocycles. The van der Waals surface area contributed by atoms with Gasteiger partial charge in [0.2, 0.25) is 0 Å². The molecule has 0 aliphatic rings. The van der Waals surface area contributed by atoms with E-state index < -0.39 is 26.6 Å². The predicted molar refractivity (Wildman–Crippen MR) is 138 cm³/mol. The van der Waals surface area contributed by atoms with Gasteiger partial charge in [-0.3, -0.25) is 4.79 Å². The summed E-state index contributed by atoms with van der Waals surface area (Å²) in [5, 5.41) is 11.5. The van der Waals surface area contributed by atoms with Gasteiger partial charge in [0, 0.05) is 0 Å². The van der Waals surface area contributed by atoms with Crippen LogP contribution in [0.25, 0.3) is 0 Å². The molecule has 0 aliphatic heterocycles. The van der Waals surface area contributed by atoms with E-state index in [1.165, 1.54) is 70.3 Å². The summed E-state index contributed by atoms with van der Waals surface area (Å²) in [5.74, 6) is -0.235. The van der Waals surface area contributed by atoms with Crippen LogP contribution >= 0.6 is 0 Å². The highest BCUT2D eigenvalue weighted by atomic mass is 28.4. The zero-order valence-corrected chi connectivity index (χ0v) is 23.0. The second-order valence-electron chi connectivity index (χ2n) is 10.6. The van der Waals surface area contributed by atoms with Gasteiger partial charge in [-0.25, -0.2) is 4.79 Å². The van der Waals surface area contributed by atoms with Crippen molar-refractivity contribution in [2.24, 2.45) is 0 Å². The van der Waals surface area contributed by atoms with Crippen molar-refractivity contribution in [2.45, 2.75) is 142 Å². The summed E-state index contributed by atoms with van der Waals surface area (Å²) in [4.78, 5) is 23.9. The van der Waals surface area contributed by atoms with Gasteiger partial charge in [-0.2, -0.15) is 0 Å². The Bertz CT molecular complexity index is 555. The normalized spacial score (nSPS) is 14.5. The maximum atomic E-state index is 12.7. The van der Waals surface area contributed by atoms with Crippen molar-refractivity contribution in [1.29, 1.82) is 0 Å². The van der Waals surface area contributed by atoms with Crippen LogP contribution in [0, 0.1) is 0 Å². The van der Waals surface area contributed by atoms with E-state index in [0.29, 0.717) is 0 Å². The Kier molecular flexibility index (Phi) is 15.9. The molecule has 0 aromatic carbocycles. The van der Waals surface area contributed by atoms with E-state index >= 15 is 0 Å². The first kappa shape index (κ1) is 30.9. The Hall–Kier alpha value is -1.14. The highest BCUT2D eigenvalue weighted by Gasteiger charge is 2.40. The Morgan fingerprint density at radius 3 is 1.84 bits per heavy atom. The van der Waals surface area contributed by atoms with Crippen molar-refractivity contribution in [3.63, 3.8) is 0 Å². The molecular weight excluding hydrogens is 418 g/mol. The first-order valence-corrected chi connectivity index (χ1v) is 15.7. The van der Waals surface area contributed by atoms with Gasteiger partial charge >= 0.3 is 6.09 Å². The number of hydrogen-bond donors (Lipinski definition) is 2. The number of unbranched alkanes of at least 4 members (excludes halogenated alkanes) is 11. The molecule has 188 valence electrons. The molecule has 2 atom stereocenters. The van der Waals surface area contributed by atoms with Crippen molar-refractivity contribution in [3.05, 3.63) is 12.2 Å². The van der Waals surface area contributed by atoms with Gasteiger partial charge in [0.1, 0.15) is 6.04 Å². The molecule has 32 heavy (non-hydrogen) atoms. The van der Waals surface area contributed by atoms with Gasteiger partial charge < -0.3 is 14.8 Å². The molecule has 0 aromatic rings. The molecule has 0 saturated heterocycles. The van der Waals surface area contributed by atoms with Crippen LogP contribution in [-0.2, 0) is 9.22 Å². The number of carbonyl (C=O) groups is 2. The van der Waals surface area contributed by atoms with E-state index in [1.54, 1.807) is 6.92 Å². The van der Waals surface area contributed by atoms with Crippen LogP contribution in [0.3, 0.4) is 0 Å². The maximum absolute atomic E-state index is 12.7. The SMILES string of the molecule is CCCCCCCCCCCCC/C=C/C(=O)[C@@H](NC(=O)O)[C@H](C)O[Si](C)(C)C(C)(C)C. The van der Waals surface area contributed by atoms with Gasteiger partial charge in [-0.1, -0.05) is 98.0 Å². The lowest BCUT2D eigenvalue weighted by atomic mass is 10.0. The number of carboxylic acid groups (broad SMARTS) is 1. The monoisotopic (exact) mass is 469 g/mol. The Balaban J connectivity index is 4.30. The highest BCUT2D eigenvalue weighted by molar-refractivity contribution is 6.74. The molecule has 0 saturated carbocycles. The minimum Gasteiger partial charge on any atom is -0.465 e. The number of nitrogens with one attached hydrogen (secondary N) is 1. The van der Waals surface area contributed by atoms with E-state index in [1.807, 2.05) is 6.08 Å². The molecule has 0 unspecified atom stereocenters. The summed E-state index contributed by atoms with van der Waals surface area (Å²) in [7, 11) is -2.11. The van der Waals surface area contributed by atoms with Crippen molar-refractivity contribution in [1.82, 2.24) is 5.32 Å². The fourth-order valence-corrected chi connectivity index (χ4v) is 4.91. The third-order valence-corrected chi connectivity index (χ3v) is 11.2. The third kappa shape index (κ3) is 14.1. The summed E-state index contributed by atoms with van der Waals surface area (Å²) in [6.07, 6.45) is 16.8. The molecular formula is C26H51NO4Si. The number of carbonyl (C=O) groups excluding carboxylic acids is 1. The zero-order chi connectivity index (χ0) is 24.6. The average Bonchev–Trinajstić information content (AvgIpc) is 2.68. The van der Waals surface area contributed by atoms with Crippen molar-refractivity contribution in [3.8, 4) is 0 Å². The number of hydrogen-bond acceptors (Lipinski definition) is 3. The lowest BCUT2D eigenvalue weighted by Crippen LogP contribution is -2.53. The third-order valence-electron chi connectivity index (χ3n) is 6.60. The van der Waals surface area contributed by atoms with E-state index in [4.69, 9.17) is 4.43 Å². The summed E-state index contributed by atoms with van der Waals surface area (Å²) < 4.78 is 6.26. The molecule has 0 aromatic heterocycles. The second kappa shape index (κ2) is 16.5. The van der Waals surface area contributed by atoms with Gasteiger partial charge in [0.15, 0.2) is 14.1 Å². The van der Waals surface area contributed by atoms with Crippen LogP contribution in [0.5, 0.6) is 0 Å². The fourth-order valence-electron chi connectivity index (χ4n) is 3.49. The van der Waals surface area contributed by atoms with E-state index in [0.717, 1.165) is 12.8 Å². The summed E-state index contributed by atoms with van der Waals surface area (Å²) in [5.41, 5.74) is 0. The smallest absolute Gasteiger partial charge is 0.405 e. The fraction of sp³-hybridized carbons (Fsp3) is 0.846. The Morgan fingerprint density at radius 2 is 1.41 bits per heavy atom. The summed E-state index contributed by atoms with van der Waals surface area (Å²) >= 11 is 0. The lowest BCUT2D eigenvalue weighted by Gasteiger charge is -2.39. The number of ketones is 1. The molecule has 0 spiro atoms. The van der Waals surface area contributed by atoms with E-state index in [-0.39, 0.29) is 10.8 Å². The van der Waals surface area contributed by atoms with Crippen molar-refractivity contribution in [2.75, 3.05) is 0 Å². The Morgan fingerprint density at radius 1 is 0.938 bits per heavy atom. The molecule has 6 heteroatoms. The number of amides is 1. The van der Waals surface area contributed by atoms with Crippen LogP contribution in [0.2, 0.25) is 18.1 Å². The van der Waals surface area contributed by atoms with Crippen molar-refractivity contribution < 1.29 is 19.1 Å². The van der Waals surface area contributed by atoms with E-state index in [9.17, 15) is 14.7 Å². The van der Waals surface area contributed by atoms with Crippen LogP contribution < -0.4 is 5.32 Å². The molecule has 0 radical (unpaired) electrons. The summed E-state index contributed by atoms with van der Waals surface area (Å²) in [6, 6.07) is -0.879.